The Balaban J connectivity index is 2.27. The summed E-state index contributed by atoms with van der Waals surface area (Å²) in [4.78, 5) is 15.5. The molecule has 0 unspecified atom stereocenters. The fourth-order valence-electron chi connectivity index (χ4n) is 1.53. The van der Waals surface area contributed by atoms with Crippen LogP contribution in [0.25, 0.3) is 0 Å². The minimum absolute atomic E-state index is 0.0287. The number of aromatic hydroxyl groups is 1. The molecule has 0 saturated heterocycles. The molecule has 0 aliphatic rings. The normalized spacial score (nSPS) is 11.1. The standard InChI is InChI=1S/C12H11N3O4S/c13-20(18,19)9-3-1-2-8(6-9)15-12(17)10-4-5-14-7-11(10)16/h1-7,16H,(H,15,17)(H2,13,18,19). The zero-order chi connectivity index (χ0) is 14.8. The summed E-state index contributed by atoms with van der Waals surface area (Å²) in [6.45, 7) is 0. The van der Waals surface area contributed by atoms with Gasteiger partial charge in [-0.1, -0.05) is 6.07 Å². The topological polar surface area (TPSA) is 122 Å². The first-order valence-corrected chi connectivity index (χ1v) is 7.00. The van der Waals surface area contributed by atoms with Gasteiger partial charge in [0, 0.05) is 11.9 Å². The van der Waals surface area contributed by atoms with Gasteiger partial charge in [0.15, 0.2) is 0 Å². The largest absolute Gasteiger partial charge is 0.505 e. The van der Waals surface area contributed by atoms with Crippen LogP contribution in [0, 0.1) is 0 Å². The van der Waals surface area contributed by atoms with E-state index >= 15 is 0 Å². The van der Waals surface area contributed by atoms with Crippen LogP contribution in [0.5, 0.6) is 5.75 Å². The second-order valence-corrected chi connectivity index (χ2v) is 5.48. The molecular formula is C12H11N3O4S. The van der Waals surface area contributed by atoms with Gasteiger partial charge in [-0.15, -0.1) is 0 Å². The number of benzene rings is 1. The molecule has 4 N–H and O–H groups in total. The first kappa shape index (κ1) is 14.0. The van der Waals surface area contributed by atoms with Crippen molar-refractivity contribution in [1.82, 2.24) is 4.98 Å². The average Bonchev–Trinajstić information content (AvgIpc) is 2.38. The number of hydrogen-bond acceptors (Lipinski definition) is 5. The molecule has 1 amide bonds. The van der Waals surface area contributed by atoms with Crippen molar-refractivity contribution in [3.05, 3.63) is 48.3 Å². The Hall–Kier alpha value is -2.45. The number of hydrogen-bond donors (Lipinski definition) is 3. The molecule has 7 nitrogen and oxygen atoms in total. The number of sulfonamides is 1. The van der Waals surface area contributed by atoms with Gasteiger partial charge in [0.1, 0.15) is 5.75 Å². The van der Waals surface area contributed by atoms with Gasteiger partial charge in [-0.25, -0.2) is 13.6 Å². The number of aromatic nitrogens is 1. The molecule has 1 aromatic carbocycles. The van der Waals surface area contributed by atoms with Crippen molar-refractivity contribution in [3.63, 3.8) is 0 Å². The molecule has 0 aliphatic carbocycles. The van der Waals surface area contributed by atoms with E-state index in [1.165, 1.54) is 36.5 Å². The van der Waals surface area contributed by atoms with Gasteiger partial charge in [0.05, 0.1) is 16.7 Å². The Morgan fingerprint density at radius 3 is 2.70 bits per heavy atom. The maximum Gasteiger partial charge on any atom is 0.259 e. The van der Waals surface area contributed by atoms with Crippen LogP contribution < -0.4 is 10.5 Å². The second kappa shape index (κ2) is 5.27. The molecule has 104 valence electrons. The smallest absolute Gasteiger partial charge is 0.259 e. The fourth-order valence-corrected chi connectivity index (χ4v) is 2.09. The molecule has 0 saturated carbocycles. The van der Waals surface area contributed by atoms with Crippen LogP contribution in [0.3, 0.4) is 0 Å². The molecule has 20 heavy (non-hydrogen) atoms. The number of carbonyl (C=O) groups is 1. The molecule has 8 heteroatoms. The number of nitrogens with one attached hydrogen (secondary N) is 1. The molecule has 0 bridgehead atoms. The summed E-state index contributed by atoms with van der Waals surface area (Å²) in [5.74, 6) is -0.857. The number of nitrogens with two attached hydrogens (primary N) is 1. The van der Waals surface area contributed by atoms with Crippen molar-refractivity contribution in [1.29, 1.82) is 0 Å². The number of primary sulfonamides is 1. The van der Waals surface area contributed by atoms with Gasteiger partial charge in [0.2, 0.25) is 10.0 Å². The SMILES string of the molecule is NS(=O)(=O)c1cccc(NC(=O)c2ccncc2O)c1. The Morgan fingerprint density at radius 2 is 2.05 bits per heavy atom. The van der Waals surface area contributed by atoms with Gasteiger partial charge in [-0.3, -0.25) is 9.78 Å². The molecule has 0 aliphatic heterocycles. The van der Waals surface area contributed by atoms with Gasteiger partial charge in [-0.05, 0) is 24.3 Å². The Morgan fingerprint density at radius 1 is 1.30 bits per heavy atom. The van der Waals surface area contributed by atoms with E-state index in [1.54, 1.807) is 0 Å². The third kappa shape index (κ3) is 3.11. The minimum atomic E-state index is -3.84. The summed E-state index contributed by atoms with van der Waals surface area (Å²) >= 11 is 0. The van der Waals surface area contributed by atoms with E-state index in [0.717, 1.165) is 6.20 Å². The quantitative estimate of drug-likeness (QED) is 0.768. The monoisotopic (exact) mass is 293 g/mol. The maximum absolute atomic E-state index is 11.9. The summed E-state index contributed by atoms with van der Waals surface area (Å²) in [5.41, 5.74) is 0.277. The summed E-state index contributed by atoms with van der Waals surface area (Å²) in [6.07, 6.45) is 2.49. The highest BCUT2D eigenvalue weighted by Gasteiger charge is 2.13. The molecule has 0 atom stereocenters. The van der Waals surface area contributed by atoms with Crippen LogP contribution in [0.1, 0.15) is 10.4 Å². The Kier molecular flexibility index (Phi) is 3.68. The molecule has 2 aromatic rings. The lowest BCUT2D eigenvalue weighted by Gasteiger charge is -2.07. The third-order valence-corrected chi connectivity index (χ3v) is 3.38. The van der Waals surface area contributed by atoms with Crippen molar-refractivity contribution >= 4 is 21.6 Å². The van der Waals surface area contributed by atoms with Crippen molar-refractivity contribution in [2.45, 2.75) is 4.90 Å². The van der Waals surface area contributed by atoms with Crippen LogP contribution in [0.4, 0.5) is 5.69 Å². The Bertz CT molecular complexity index is 759. The van der Waals surface area contributed by atoms with Gasteiger partial charge in [0.25, 0.3) is 5.91 Å². The summed E-state index contributed by atoms with van der Waals surface area (Å²) < 4.78 is 22.4. The van der Waals surface area contributed by atoms with Crippen LogP contribution in [-0.4, -0.2) is 24.4 Å². The summed E-state index contributed by atoms with van der Waals surface area (Å²) in [7, 11) is -3.84. The summed E-state index contributed by atoms with van der Waals surface area (Å²) in [5, 5.41) is 17.0. The van der Waals surface area contributed by atoms with E-state index in [-0.39, 0.29) is 21.9 Å². The number of nitrogens with zero attached hydrogens (tertiary/aromatic N) is 1. The van der Waals surface area contributed by atoms with Crippen molar-refractivity contribution in [2.75, 3.05) is 5.32 Å². The van der Waals surface area contributed by atoms with Crippen molar-refractivity contribution in [3.8, 4) is 5.75 Å². The highest BCUT2D eigenvalue weighted by Crippen LogP contribution is 2.18. The number of rotatable bonds is 3. The predicted molar refractivity (Wildman–Crippen MR) is 71.7 cm³/mol. The van der Waals surface area contributed by atoms with Crippen LogP contribution >= 0.6 is 0 Å². The third-order valence-electron chi connectivity index (χ3n) is 2.47. The van der Waals surface area contributed by atoms with E-state index in [0.29, 0.717) is 0 Å². The van der Waals surface area contributed by atoms with Crippen LogP contribution in [0.2, 0.25) is 0 Å². The number of amides is 1. The predicted octanol–water partition coefficient (Wildman–Crippen LogP) is 0.687. The highest BCUT2D eigenvalue weighted by atomic mass is 32.2. The Labute approximate surface area is 115 Å². The lowest BCUT2D eigenvalue weighted by molar-refractivity contribution is 0.102. The van der Waals surface area contributed by atoms with Gasteiger partial charge in [-0.2, -0.15) is 0 Å². The molecule has 1 heterocycles. The van der Waals surface area contributed by atoms with Gasteiger partial charge >= 0.3 is 0 Å². The fraction of sp³-hybridized carbons (Fsp3) is 0. The van der Waals surface area contributed by atoms with E-state index < -0.39 is 15.9 Å². The highest BCUT2D eigenvalue weighted by molar-refractivity contribution is 7.89. The molecular weight excluding hydrogens is 282 g/mol. The zero-order valence-corrected chi connectivity index (χ0v) is 11.0. The van der Waals surface area contributed by atoms with Crippen LogP contribution in [-0.2, 0) is 10.0 Å². The van der Waals surface area contributed by atoms with E-state index in [9.17, 15) is 18.3 Å². The van der Waals surface area contributed by atoms with E-state index in [1.807, 2.05) is 0 Å². The maximum atomic E-state index is 11.9. The van der Waals surface area contributed by atoms with Crippen LogP contribution in [0.15, 0.2) is 47.6 Å². The minimum Gasteiger partial charge on any atom is -0.505 e. The van der Waals surface area contributed by atoms with Gasteiger partial charge < -0.3 is 10.4 Å². The lowest BCUT2D eigenvalue weighted by Crippen LogP contribution is -2.15. The van der Waals surface area contributed by atoms with E-state index in [4.69, 9.17) is 5.14 Å². The summed E-state index contributed by atoms with van der Waals surface area (Å²) in [6, 6.07) is 6.83. The molecule has 1 aromatic heterocycles. The zero-order valence-electron chi connectivity index (χ0n) is 10.1. The first-order chi connectivity index (χ1) is 9.38. The molecule has 0 radical (unpaired) electrons. The lowest BCUT2D eigenvalue weighted by atomic mass is 10.2. The number of carbonyl (C=O) groups excluding carboxylic acids is 1. The number of pyridine rings is 1. The van der Waals surface area contributed by atoms with Crippen molar-refractivity contribution < 1.29 is 18.3 Å². The van der Waals surface area contributed by atoms with Crippen molar-refractivity contribution in [2.24, 2.45) is 5.14 Å². The molecule has 0 spiro atoms. The van der Waals surface area contributed by atoms with E-state index in [2.05, 4.69) is 10.3 Å². The second-order valence-electron chi connectivity index (χ2n) is 3.92. The molecule has 2 rings (SSSR count). The average molecular weight is 293 g/mol. The molecule has 0 fully saturated rings. The first-order valence-electron chi connectivity index (χ1n) is 5.45. The number of anilines is 1.